The molecule has 1 N–H and O–H groups in total. The van der Waals surface area contributed by atoms with Crippen molar-refractivity contribution in [3.8, 4) is 6.07 Å². The Morgan fingerprint density at radius 1 is 1.60 bits per heavy atom. The number of fused-ring (bicyclic) bond motifs is 1. The Balaban J connectivity index is 2.68. The quantitative estimate of drug-likeness (QED) is 0.775. The van der Waals surface area contributed by atoms with E-state index in [1.165, 1.54) is 6.33 Å². The van der Waals surface area contributed by atoms with Crippen molar-refractivity contribution < 1.29 is 5.11 Å². The summed E-state index contributed by atoms with van der Waals surface area (Å²) in [7, 11) is 0. The first-order valence-electron chi connectivity index (χ1n) is 4.57. The molecule has 1 unspecified atom stereocenters. The SMILES string of the molecule is Cc1cc(C(C#N)CO)n2ncnc2c1. The van der Waals surface area contributed by atoms with Crippen molar-refractivity contribution in [2.45, 2.75) is 12.8 Å². The molecule has 0 bridgehead atoms. The molecule has 1 atom stereocenters. The maximum absolute atomic E-state index is 9.08. The number of hydrogen-bond acceptors (Lipinski definition) is 4. The number of rotatable bonds is 2. The third-order valence-corrected chi connectivity index (χ3v) is 2.25. The average Bonchev–Trinajstić information content (AvgIpc) is 2.67. The highest BCUT2D eigenvalue weighted by molar-refractivity contribution is 5.43. The van der Waals surface area contributed by atoms with E-state index in [4.69, 9.17) is 10.4 Å². The summed E-state index contributed by atoms with van der Waals surface area (Å²) in [5.74, 6) is -0.561. The summed E-state index contributed by atoms with van der Waals surface area (Å²) < 4.78 is 1.58. The van der Waals surface area contributed by atoms with Crippen LogP contribution in [0, 0.1) is 18.3 Å². The zero-order valence-electron chi connectivity index (χ0n) is 8.25. The normalized spacial score (nSPS) is 12.6. The number of nitriles is 1. The third kappa shape index (κ3) is 1.55. The standard InChI is InChI=1S/C10H10N4O/c1-7-2-9(8(4-11)5-15)14-10(3-7)12-6-13-14/h2-3,6,8,15H,5H2,1H3. The van der Waals surface area contributed by atoms with Gasteiger partial charge in [0.15, 0.2) is 5.65 Å². The molecule has 5 nitrogen and oxygen atoms in total. The van der Waals surface area contributed by atoms with Gasteiger partial charge in [0.05, 0.1) is 18.4 Å². The van der Waals surface area contributed by atoms with E-state index in [9.17, 15) is 0 Å². The Morgan fingerprint density at radius 2 is 2.40 bits per heavy atom. The number of aromatic nitrogens is 3. The van der Waals surface area contributed by atoms with Gasteiger partial charge in [-0.05, 0) is 24.6 Å². The molecule has 0 spiro atoms. The van der Waals surface area contributed by atoms with Crippen LogP contribution in [0.2, 0.25) is 0 Å². The number of aliphatic hydroxyl groups excluding tert-OH is 1. The molecule has 5 heteroatoms. The van der Waals surface area contributed by atoms with Gasteiger partial charge in [-0.15, -0.1) is 0 Å². The fraction of sp³-hybridized carbons (Fsp3) is 0.300. The summed E-state index contributed by atoms with van der Waals surface area (Å²) in [5.41, 5.74) is 2.37. The van der Waals surface area contributed by atoms with Crippen LogP contribution in [0.1, 0.15) is 17.2 Å². The predicted octanol–water partition coefficient (Wildman–Crippen LogP) is 0.637. The highest BCUT2D eigenvalue weighted by atomic mass is 16.3. The largest absolute Gasteiger partial charge is 0.395 e. The van der Waals surface area contributed by atoms with Gasteiger partial charge in [-0.2, -0.15) is 10.4 Å². The average molecular weight is 202 g/mol. The molecule has 0 aliphatic heterocycles. The summed E-state index contributed by atoms with van der Waals surface area (Å²) >= 11 is 0. The molecule has 0 saturated carbocycles. The van der Waals surface area contributed by atoms with E-state index in [-0.39, 0.29) is 6.61 Å². The lowest BCUT2D eigenvalue weighted by Crippen LogP contribution is -2.08. The first kappa shape index (κ1) is 9.62. The first-order chi connectivity index (χ1) is 7.26. The molecule has 2 heterocycles. The number of hydrogen-bond donors (Lipinski definition) is 1. The second-order valence-corrected chi connectivity index (χ2v) is 3.35. The van der Waals surface area contributed by atoms with Crippen LogP contribution in [0.5, 0.6) is 0 Å². The van der Waals surface area contributed by atoms with Crippen LogP contribution in [0.4, 0.5) is 0 Å². The Hall–Kier alpha value is -1.93. The van der Waals surface area contributed by atoms with Gasteiger partial charge in [-0.1, -0.05) is 0 Å². The first-order valence-corrected chi connectivity index (χ1v) is 4.57. The van der Waals surface area contributed by atoms with E-state index in [0.29, 0.717) is 11.3 Å². The maximum Gasteiger partial charge on any atom is 0.155 e. The van der Waals surface area contributed by atoms with Gasteiger partial charge in [-0.25, -0.2) is 9.50 Å². The molecular formula is C10H10N4O. The van der Waals surface area contributed by atoms with Gasteiger partial charge in [0, 0.05) is 0 Å². The van der Waals surface area contributed by atoms with Crippen LogP contribution < -0.4 is 0 Å². The van der Waals surface area contributed by atoms with E-state index >= 15 is 0 Å². The molecule has 0 aliphatic rings. The van der Waals surface area contributed by atoms with Crippen LogP contribution in [-0.2, 0) is 0 Å². The van der Waals surface area contributed by atoms with E-state index in [0.717, 1.165) is 5.56 Å². The summed E-state index contributed by atoms with van der Waals surface area (Å²) in [5, 5.41) is 22.0. The number of aliphatic hydroxyl groups is 1. The van der Waals surface area contributed by atoms with Crippen molar-refractivity contribution in [2.24, 2.45) is 0 Å². The Kier molecular flexibility index (Phi) is 2.35. The zero-order chi connectivity index (χ0) is 10.8. The number of pyridine rings is 1. The summed E-state index contributed by atoms with van der Waals surface area (Å²) in [4.78, 5) is 4.05. The highest BCUT2D eigenvalue weighted by Crippen LogP contribution is 2.17. The van der Waals surface area contributed by atoms with Crippen molar-refractivity contribution in [3.63, 3.8) is 0 Å². The second-order valence-electron chi connectivity index (χ2n) is 3.35. The molecule has 15 heavy (non-hydrogen) atoms. The van der Waals surface area contributed by atoms with Gasteiger partial charge < -0.3 is 5.11 Å². The number of aryl methyl sites for hydroxylation is 1. The molecule has 0 aliphatic carbocycles. The lowest BCUT2D eigenvalue weighted by atomic mass is 10.1. The molecule has 2 rings (SSSR count). The van der Waals surface area contributed by atoms with E-state index in [2.05, 4.69) is 10.1 Å². The lowest BCUT2D eigenvalue weighted by Gasteiger charge is -2.08. The van der Waals surface area contributed by atoms with E-state index in [1.54, 1.807) is 4.52 Å². The summed E-state index contributed by atoms with van der Waals surface area (Å²) in [6.07, 6.45) is 1.43. The molecule has 0 amide bonds. The molecule has 2 aromatic rings. The molecule has 2 aromatic heterocycles. The fourth-order valence-electron chi connectivity index (χ4n) is 1.54. The van der Waals surface area contributed by atoms with Crippen molar-refractivity contribution >= 4 is 5.65 Å². The van der Waals surface area contributed by atoms with Gasteiger partial charge in [0.2, 0.25) is 0 Å². The van der Waals surface area contributed by atoms with Gasteiger partial charge in [-0.3, -0.25) is 0 Å². The molecule has 0 fully saturated rings. The topological polar surface area (TPSA) is 74.2 Å². The zero-order valence-corrected chi connectivity index (χ0v) is 8.25. The summed E-state index contributed by atoms with van der Waals surface area (Å²) in [6.45, 7) is 1.71. The molecule has 76 valence electrons. The number of nitrogens with zero attached hydrogens (tertiary/aromatic N) is 4. The Bertz CT molecular complexity index is 526. The maximum atomic E-state index is 9.08. The van der Waals surface area contributed by atoms with Gasteiger partial charge in [0.1, 0.15) is 12.2 Å². The Labute approximate surface area is 86.6 Å². The molecule has 0 radical (unpaired) electrons. The smallest absolute Gasteiger partial charge is 0.155 e. The second kappa shape index (κ2) is 3.67. The minimum absolute atomic E-state index is 0.213. The summed E-state index contributed by atoms with van der Waals surface area (Å²) in [6, 6.07) is 5.75. The van der Waals surface area contributed by atoms with E-state index < -0.39 is 5.92 Å². The van der Waals surface area contributed by atoms with Crippen LogP contribution in [0.25, 0.3) is 5.65 Å². The van der Waals surface area contributed by atoms with Crippen molar-refractivity contribution in [1.82, 2.24) is 14.6 Å². The lowest BCUT2D eigenvalue weighted by molar-refractivity contribution is 0.283. The molecule has 0 saturated heterocycles. The predicted molar refractivity (Wildman–Crippen MR) is 53.2 cm³/mol. The van der Waals surface area contributed by atoms with Crippen LogP contribution in [0.15, 0.2) is 18.5 Å². The monoisotopic (exact) mass is 202 g/mol. The Morgan fingerprint density at radius 3 is 3.07 bits per heavy atom. The van der Waals surface area contributed by atoms with Gasteiger partial charge >= 0.3 is 0 Å². The van der Waals surface area contributed by atoms with Crippen LogP contribution in [0.3, 0.4) is 0 Å². The minimum atomic E-state index is -0.561. The van der Waals surface area contributed by atoms with Crippen molar-refractivity contribution in [2.75, 3.05) is 6.61 Å². The van der Waals surface area contributed by atoms with Gasteiger partial charge in [0.25, 0.3) is 0 Å². The van der Waals surface area contributed by atoms with Crippen molar-refractivity contribution in [1.29, 1.82) is 5.26 Å². The minimum Gasteiger partial charge on any atom is -0.395 e. The third-order valence-electron chi connectivity index (χ3n) is 2.25. The van der Waals surface area contributed by atoms with Crippen LogP contribution in [-0.4, -0.2) is 26.3 Å². The van der Waals surface area contributed by atoms with Crippen molar-refractivity contribution in [3.05, 3.63) is 29.7 Å². The van der Waals surface area contributed by atoms with E-state index in [1.807, 2.05) is 25.1 Å². The van der Waals surface area contributed by atoms with Crippen LogP contribution >= 0.6 is 0 Å². The molecular weight excluding hydrogens is 192 g/mol. The fourth-order valence-corrected chi connectivity index (χ4v) is 1.54. The highest BCUT2D eigenvalue weighted by Gasteiger charge is 2.14. The molecule has 0 aromatic carbocycles.